The fourth-order valence-electron chi connectivity index (χ4n) is 2.03. The van der Waals surface area contributed by atoms with Gasteiger partial charge >= 0.3 is 0 Å². The molecule has 1 heterocycles. The smallest absolute Gasteiger partial charge is 0.0701 e. The van der Waals surface area contributed by atoms with Crippen LogP contribution in [0.2, 0.25) is 0 Å². The molecule has 16 heavy (non-hydrogen) atoms. The van der Waals surface area contributed by atoms with Crippen molar-refractivity contribution in [1.29, 1.82) is 0 Å². The van der Waals surface area contributed by atoms with Gasteiger partial charge in [0.15, 0.2) is 0 Å². The van der Waals surface area contributed by atoms with Crippen LogP contribution in [0, 0.1) is 0 Å². The normalized spacial score (nSPS) is 19.8. The third kappa shape index (κ3) is 3.30. The Hall–Kier alpha value is -0.900. The summed E-state index contributed by atoms with van der Waals surface area (Å²) in [6.07, 6.45) is 2.13. The van der Waals surface area contributed by atoms with Gasteiger partial charge in [-0.3, -0.25) is 0 Å². The van der Waals surface area contributed by atoms with E-state index in [1.807, 2.05) is 0 Å². The first-order valence-corrected chi connectivity index (χ1v) is 5.84. The first-order valence-electron chi connectivity index (χ1n) is 5.84. The van der Waals surface area contributed by atoms with E-state index in [-0.39, 0.29) is 0 Å². The van der Waals surface area contributed by atoms with Gasteiger partial charge in [0, 0.05) is 6.04 Å². The van der Waals surface area contributed by atoms with Crippen molar-refractivity contribution in [2.75, 3.05) is 26.4 Å². The topological polar surface area (TPSA) is 44.5 Å². The molecule has 0 bridgehead atoms. The van der Waals surface area contributed by atoms with Crippen LogP contribution in [0.4, 0.5) is 0 Å². The van der Waals surface area contributed by atoms with Crippen molar-refractivity contribution in [1.82, 2.24) is 0 Å². The van der Waals surface area contributed by atoms with Gasteiger partial charge in [0.25, 0.3) is 0 Å². The molecule has 0 radical (unpaired) electrons. The average molecular weight is 221 g/mol. The van der Waals surface area contributed by atoms with Gasteiger partial charge in [0.1, 0.15) is 0 Å². The summed E-state index contributed by atoms with van der Waals surface area (Å²) in [4.78, 5) is 0. The van der Waals surface area contributed by atoms with Crippen LogP contribution < -0.4 is 5.73 Å². The predicted octanol–water partition coefficient (Wildman–Crippen LogP) is 1.15. The fourth-order valence-corrected chi connectivity index (χ4v) is 2.03. The molecule has 1 aromatic carbocycles. The molecular weight excluding hydrogens is 202 g/mol. The Labute approximate surface area is 96.5 Å². The van der Waals surface area contributed by atoms with Crippen molar-refractivity contribution in [3.8, 4) is 0 Å². The molecule has 0 unspecified atom stereocenters. The summed E-state index contributed by atoms with van der Waals surface area (Å²) >= 11 is 0. The highest BCUT2D eigenvalue weighted by atomic mass is 16.6. The molecule has 2 aliphatic rings. The van der Waals surface area contributed by atoms with Crippen LogP contribution in [-0.2, 0) is 22.3 Å². The second-order valence-corrected chi connectivity index (χ2v) is 4.16. The zero-order valence-corrected chi connectivity index (χ0v) is 9.52. The maximum absolute atomic E-state index is 5.78. The third-order valence-corrected chi connectivity index (χ3v) is 2.83. The van der Waals surface area contributed by atoms with Crippen LogP contribution >= 0.6 is 0 Å². The van der Waals surface area contributed by atoms with Crippen LogP contribution in [-0.4, -0.2) is 32.5 Å². The van der Waals surface area contributed by atoms with E-state index in [2.05, 4.69) is 24.3 Å². The number of nitrogens with two attached hydrogens (primary N) is 1. The lowest BCUT2D eigenvalue weighted by molar-refractivity contribution is -0.0334. The third-order valence-electron chi connectivity index (χ3n) is 2.83. The number of benzene rings is 1. The van der Waals surface area contributed by atoms with Crippen LogP contribution in [0.25, 0.3) is 0 Å². The van der Waals surface area contributed by atoms with E-state index in [1.165, 1.54) is 11.1 Å². The summed E-state index contributed by atoms with van der Waals surface area (Å²) < 4.78 is 9.89. The Morgan fingerprint density at radius 1 is 0.875 bits per heavy atom. The van der Waals surface area contributed by atoms with Gasteiger partial charge in [0.2, 0.25) is 0 Å². The molecule has 3 rings (SSSR count). The van der Waals surface area contributed by atoms with E-state index in [0.29, 0.717) is 6.04 Å². The van der Waals surface area contributed by atoms with E-state index in [9.17, 15) is 0 Å². The lowest BCUT2D eigenvalue weighted by Crippen LogP contribution is -2.18. The molecule has 1 saturated heterocycles. The molecule has 0 aromatic heterocycles. The van der Waals surface area contributed by atoms with E-state index < -0.39 is 0 Å². The van der Waals surface area contributed by atoms with E-state index in [0.717, 1.165) is 39.3 Å². The predicted molar refractivity (Wildman–Crippen MR) is 63.5 cm³/mol. The summed E-state index contributed by atoms with van der Waals surface area (Å²) in [6, 6.07) is 8.87. The minimum Gasteiger partial charge on any atom is -0.377 e. The fraction of sp³-hybridized carbons (Fsp3) is 0.538. The molecule has 1 fully saturated rings. The summed E-state index contributed by atoms with van der Waals surface area (Å²) in [5.41, 5.74) is 8.66. The van der Waals surface area contributed by atoms with E-state index >= 15 is 0 Å². The summed E-state index contributed by atoms with van der Waals surface area (Å²) in [5.74, 6) is 0. The van der Waals surface area contributed by atoms with Crippen molar-refractivity contribution in [2.45, 2.75) is 18.9 Å². The number of rotatable bonds is 0. The molecule has 3 nitrogen and oxygen atoms in total. The number of fused-ring (bicyclic) bond motifs is 1. The van der Waals surface area contributed by atoms with Gasteiger partial charge in [-0.25, -0.2) is 0 Å². The molecule has 1 aliphatic carbocycles. The van der Waals surface area contributed by atoms with E-state index in [1.54, 1.807) is 0 Å². The molecule has 88 valence electrons. The van der Waals surface area contributed by atoms with E-state index in [4.69, 9.17) is 15.2 Å². The first-order chi connectivity index (χ1) is 7.86. The van der Waals surface area contributed by atoms with Crippen molar-refractivity contribution in [3.05, 3.63) is 35.4 Å². The maximum Gasteiger partial charge on any atom is 0.0701 e. The average Bonchev–Trinajstić information content (AvgIpc) is 2.72. The van der Waals surface area contributed by atoms with Gasteiger partial charge in [0.05, 0.1) is 26.4 Å². The van der Waals surface area contributed by atoms with Crippen molar-refractivity contribution >= 4 is 0 Å². The van der Waals surface area contributed by atoms with Gasteiger partial charge < -0.3 is 15.2 Å². The number of hydrogen-bond acceptors (Lipinski definition) is 3. The molecule has 1 aliphatic heterocycles. The zero-order chi connectivity index (χ0) is 11.2. The summed E-state index contributed by atoms with van der Waals surface area (Å²) in [5, 5.41) is 0. The molecule has 1 aromatic rings. The molecular formula is C13H19NO2. The molecule has 3 heteroatoms. The Balaban J connectivity index is 0.000000138. The quantitative estimate of drug-likeness (QED) is 0.714. The Morgan fingerprint density at radius 3 is 1.69 bits per heavy atom. The lowest BCUT2D eigenvalue weighted by atomic mass is 10.1. The van der Waals surface area contributed by atoms with Crippen molar-refractivity contribution in [2.24, 2.45) is 5.73 Å². The highest BCUT2D eigenvalue weighted by molar-refractivity contribution is 5.32. The minimum atomic E-state index is 0.373. The molecule has 0 spiro atoms. The highest BCUT2D eigenvalue weighted by Crippen LogP contribution is 2.19. The number of ether oxygens (including phenoxy) is 2. The van der Waals surface area contributed by atoms with Gasteiger partial charge in [-0.05, 0) is 24.0 Å². The van der Waals surface area contributed by atoms with Crippen molar-refractivity contribution in [3.63, 3.8) is 0 Å². The molecule has 2 N–H and O–H groups in total. The summed E-state index contributed by atoms with van der Waals surface area (Å²) in [7, 11) is 0. The Kier molecular flexibility index (Phi) is 4.34. The van der Waals surface area contributed by atoms with Gasteiger partial charge in [-0.1, -0.05) is 24.3 Å². The van der Waals surface area contributed by atoms with Gasteiger partial charge in [-0.2, -0.15) is 0 Å². The second kappa shape index (κ2) is 5.99. The number of hydrogen-bond donors (Lipinski definition) is 1. The van der Waals surface area contributed by atoms with Crippen LogP contribution in [0.3, 0.4) is 0 Å². The SMILES string of the molecule is C1COCCO1.NC1Cc2ccccc2C1. The standard InChI is InChI=1S/C9H11N.C4H8O2/c10-9-5-7-3-1-2-4-8(7)6-9;1-2-6-4-3-5-1/h1-4,9H,5-6,10H2;1-4H2. The Morgan fingerprint density at radius 2 is 1.31 bits per heavy atom. The monoisotopic (exact) mass is 221 g/mol. The Bertz CT molecular complexity index is 287. The summed E-state index contributed by atoms with van der Waals surface area (Å²) in [6.45, 7) is 3.11. The highest BCUT2D eigenvalue weighted by Gasteiger charge is 2.16. The van der Waals surface area contributed by atoms with Gasteiger partial charge in [-0.15, -0.1) is 0 Å². The zero-order valence-electron chi connectivity index (χ0n) is 9.52. The minimum absolute atomic E-state index is 0.373. The van der Waals surface area contributed by atoms with Crippen LogP contribution in [0.15, 0.2) is 24.3 Å². The maximum atomic E-state index is 5.78. The molecule has 0 saturated carbocycles. The van der Waals surface area contributed by atoms with Crippen LogP contribution in [0.1, 0.15) is 11.1 Å². The molecule has 0 atom stereocenters. The van der Waals surface area contributed by atoms with Crippen molar-refractivity contribution < 1.29 is 9.47 Å². The molecule has 0 amide bonds. The first kappa shape index (κ1) is 11.6. The van der Waals surface area contributed by atoms with Crippen LogP contribution in [0.5, 0.6) is 0 Å². The largest absolute Gasteiger partial charge is 0.377 e. The second-order valence-electron chi connectivity index (χ2n) is 4.16. The lowest BCUT2D eigenvalue weighted by Gasteiger charge is -2.09.